The van der Waals surface area contributed by atoms with Crippen molar-refractivity contribution in [2.45, 2.75) is 26.8 Å². The molecule has 0 amide bonds. The second-order valence-corrected chi connectivity index (χ2v) is 5.07. The van der Waals surface area contributed by atoms with Gasteiger partial charge in [0.1, 0.15) is 11.6 Å². The highest BCUT2D eigenvalue weighted by molar-refractivity contribution is 5.80. The Morgan fingerprint density at radius 2 is 1.81 bits per heavy atom. The SMILES string of the molecule is CC(=O)C(C)n1c(-c2ccc(C)cc2)ccc(C#N)c1=O. The number of aromatic nitrogens is 1. The van der Waals surface area contributed by atoms with Gasteiger partial charge in [0.15, 0.2) is 5.78 Å². The maximum atomic E-state index is 12.4. The summed E-state index contributed by atoms with van der Waals surface area (Å²) in [4.78, 5) is 24.1. The number of rotatable bonds is 3. The van der Waals surface area contributed by atoms with Gasteiger partial charge in [-0.1, -0.05) is 29.8 Å². The van der Waals surface area contributed by atoms with Gasteiger partial charge < -0.3 is 0 Å². The van der Waals surface area contributed by atoms with Crippen LogP contribution in [0.5, 0.6) is 0 Å². The van der Waals surface area contributed by atoms with Crippen molar-refractivity contribution in [1.82, 2.24) is 4.57 Å². The van der Waals surface area contributed by atoms with Crippen LogP contribution in [0.25, 0.3) is 11.3 Å². The molecule has 0 spiro atoms. The van der Waals surface area contributed by atoms with Crippen LogP contribution in [0.15, 0.2) is 41.2 Å². The Kier molecular flexibility index (Phi) is 4.04. The van der Waals surface area contributed by atoms with Gasteiger partial charge in [0, 0.05) is 0 Å². The molecule has 0 bridgehead atoms. The normalized spacial score (nSPS) is 11.7. The Morgan fingerprint density at radius 1 is 1.19 bits per heavy atom. The first-order valence-electron chi connectivity index (χ1n) is 6.69. The summed E-state index contributed by atoms with van der Waals surface area (Å²) in [6.07, 6.45) is 0. The molecule has 4 nitrogen and oxygen atoms in total. The highest BCUT2D eigenvalue weighted by Gasteiger charge is 2.18. The Balaban J connectivity index is 2.75. The van der Waals surface area contributed by atoms with Crippen LogP contribution in [0, 0.1) is 18.3 Å². The van der Waals surface area contributed by atoms with Crippen LogP contribution in [0.2, 0.25) is 0 Å². The fourth-order valence-electron chi connectivity index (χ4n) is 2.16. The molecule has 0 saturated carbocycles. The lowest BCUT2D eigenvalue weighted by atomic mass is 10.1. The first-order valence-corrected chi connectivity index (χ1v) is 6.69. The monoisotopic (exact) mass is 280 g/mol. The predicted octanol–water partition coefficient (Wildman–Crippen LogP) is 2.85. The molecule has 0 aliphatic heterocycles. The number of carbonyl (C=O) groups excluding carboxylic acids is 1. The van der Waals surface area contributed by atoms with Crippen LogP contribution < -0.4 is 5.56 Å². The molecule has 4 heteroatoms. The van der Waals surface area contributed by atoms with E-state index in [-0.39, 0.29) is 11.3 Å². The van der Waals surface area contributed by atoms with Crippen molar-refractivity contribution in [3.63, 3.8) is 0 Å². The average molecular weight is 280 g/mol. The van der Waals surface area contributed by atoms with Crippen molar-refractivity contribution in [2.75, 3.05) is 0 Å². The summed E-state index contributed by atoms with van der Waals surface area (Å²) in [5, 5.41) is 9.01. The zero-order chi connectivity index (χ0) is 15.6. The molecule has 2 aromatic rings. The second-order valence-electron chi connectivity index (χ2n) is 5.07. The first-order chi connectivity index (χ1) is 9.95. The van der Waals surface area contributed by atoms with Crippen molar-refractivity contribution in [1.29, 1.82) is 5.26 Å². The smallest absolute Gasteiger partial charge is 0.269 e. The highest BCUT2D eigenvalue weighted by Crippen LogP contribution is 2.22. The number of ketones is 1. The summed E-state index contributed by atoms with van der Waals surface area (Å²) >= 11 is 0. The molecule has 1 aromatic carbocycles. The van der Waals surface area contributed by atoms with Gasteiger partial charge in [-0.25, -0.2) is 0 Å². The topological polar surface area (TPSA) is 62.9 Å². The van der Waals surface area contributed by atoms with E-state index in [0.29, 0.717) is 5.69 Å². The number of aryl methyl sites for hydroxylation is 1. The minimum atomic E-state index is -0.609. The quantitative estimate of drug-likeness (QED) is 0.868. The van der Waals surface area contributed by atoms with Crippen molar-refractivity contribution < 1.29 is 4.79 Å². The van der Waals surface area contributed by atoms with Gasteiger partial charge in [0.05, 0.1) is 11.7 Å². The second kappa shape index (κ2) is 5.76. The third-order valence-electron chi connectivity index (χ3n) is 3.56. The first kappa shape index (κ1) is 14.7. The summed E-state index contributed by atoms with van der Waals surface area (Å²) < 4.78 is 1.39. The minimum Gasteiger partial charge on any atom is -0.298 e. The van der Waals surface area contributed by atoms with E-state index in [1.54, 1.807) is 13.0 Å². The Labute approximate surface area is 123 Å². The van der Waals surface area contributed by atoms with Crippen LogP contribution in [0.4, 0.5) is 0 Å². The van der Waals surface area contributed by atoms with Crippen LogP contribution in [0.1, 0.15) is 31.0 Å². The number of nitriles is 1. The predicted molar refractivity (Wildman–Crippen MR) is 81.0 cm³/mol. The molecule has 1 heterocycles. The number of nitrogens with zero attached hydrogens (tertiary/aromatic N) is 2. The van der Waals surface area contributed by atoms with Gasteiger partial charge in [-0.3, -0.25) is 14.2 Å². The molecule has 0 radical (unpaired) electrons. The van der Waals surface area contributed by atoms with Crippen molar-refractivity contribution >= 4 is 5.78 Å². The number of hydrogen-bond donors (Lipinski definition) is 0. The van der Waals surface area contributed by atoms with Gasteiger partial charge in [0.2, 0.25) is 0 Å². The molecular formula is C17H16N2O2. The number of Topliss-reactive ketones (excluding diaryl/α,β-unsaturated/α-hetero) is 1. The van der Waals surface area contributed by atoms with Crippen molar-refractivity contribution in [2.24, 2.45) is 0 Å². The molecule has 0 aliphatic rings. The van der Waals surface area contributed by atoms with E-state index >= 15 is 0 Å². The standard InChI is InChI=1S/C17H16N2O2/c1-11-4-6-14(7-5-11)16-9-8-15(10-18)17(21)19(16)12(2)13(3)20/h4-9,12H,1-3H3. The molecule has 0 fully saturated rings. The van der Waals surface area contributed by atoms with Gasteiger partial charge in [-0.15, -0.1) is 0 Å². The lowest BCUT2D eigenvalue weighted by molar-refractivity contribution is -0.119. The number of benzene rings is 1. The molecule has 0 N–H and O–H groups in total. The van der Waals surface area contributed by atoms with Crippen LogP contribution in [-0.2, 0) is 4.79 Å². The number of carbonyl (C=O) groups is 1. The Hall–Kier alpha value is -2.67. The van der Waals surface area contributed by atoms with E-state index in [0.717, 1.165) is 11.1 Å². The zero-order valence-electron chi connectivity index (χ0n) is 12.3. The fraction of sp³-hybridized carbons (Fsp3) is 0.235. The largest absolute Gasteiger partial charge is 0.298 e. The van der Waals surface area contributed by atoms with E-state index in [4.69, 9.17) is 5.26 Å². The molecule has 1 aromatic heterocycles. The number of pyridine rings is 1. The molecular weight excluding hydrogens is 264 g/mol. The average Bonchev–Trinajstić information content (AvgIpc) is 2.47. The molecule has 21 heavy (non-hydrogen) atoms. The van der Waals surface area contributed by atoms with E-state index in [9.17, 15) is 9.59 Å². The van der Waals surface area contributed by atoms with Crippen LogP contribution >= 0.6 is 0 Å². The van der Waals surface area contributed by atoms with Crippen molar-refractivity contribution in [3.8, 4) is 17.3 Å². The summed E-state index contributed by atoms with van der Waals surface area (Å²) in [7, 11) is 0. The summed E-state index contributed by atoms with van der Waals surface area (Å²) in [5.41, 5.74) is 2.20. The van der Waals surface area contributed by atoms with E-state index < -0.39 is 11.6 Å². The van der Waals surface area contributed by atoms with E-state index in [2.05, 4.69) is 0 Å². The lowest BCUT2D eigenvalue weighted by Gasteiger charge is -2.18. The summed E-state index contributed by atoms with van der Waals surface area (Å²) in [5.74, 6) is -0.124. The maximum Gasteiger partial charge on any atom is 0.269 e. The molecule has 0 aliphatic carbocycles. The summed E-state index contributed by atoms with van der Waals surface area (Å²) in [6, 6.07) is 12.2. The summed E-state index contributed by atoms with van der Waals surface area (Å²) in [6.45, 7) is 5.09. The van der Waals surface area contributed by atoms with Crippen LogP contribution in [0.3, 0.4) is 0 Å². The van der Waals surface area contributed by atoms with Gasteiger partial charge >= 0.3 is 0 Å². The minimum absolute atomic E-state index is 0.0407. The molecule has 1 atom stereocenters. The van der Waals surface area contributed by atoms with Gasteiger partial charge in [-0.05, 0) is 38.5 Å². The molecule has 106 valence electrons. The van der Waals surface area contributed by atoms with E-state index in [1.165, 1.54) is 17.6 Å². The van der Waals surface area contributed by atoms with Crippen molar-refractivity contribution in [3.05, 3.63) is 57.9 Å². The lowest BCUT2D eigenvalue weighted by Crippen LogP contribution is -2.30. The third kappa shape index (κ3) is 2.77. The van der Waals surface area contributed by atoms with Gasteiger partial charge in [0.25, 0.3) is 5.56 Å². The Bertz CT molecular complexity index is 780. The third-order valence-corrected chi connectivity index (χ3v) is 3.56. The van der Waals surface area contributed by atoms with E-state index in [1.807, 2.05) is 37.3 Å². The molecule has 0 saturated heterocycles. The fourth-order valence-corrected chi connectivity index (χ4v) is 2.16. The van der Waals surface area contributed by atoms with Gasteiger partial charge in [-0.2, -0.15) is 5.26 Å². The highest BCUT2D eigenvalue weighted by atomic mass is 16.1. The maximum absolute atomic E-state index is 12.4. The zero-order valence-corrected chi connectivity index (χ0v) is 12.3. The number of hydrogen-bond acceptors (Lipinski definition) is 3. The Morgan fingerprint density at radius 3 is 2.33 bits per heavy atom. The molecule has 2 rings (SSSR count). The van der Waals surface area contributed by atoms with Crippen LogP contribution in [-0.4, -0.2) is 10.4 Å². The molecule has 1 unspecified atom stereocenters.